The van der Waals surface area contributed by atoms with Crippen LogP contribution in [0.3, 0.4) is 0 Å². The van der Waals surface area contributed by atoms with Crippen molar-refractivity contribution in [3.05, 3.63) is 28.8 Å². The molecule has 0 aliphatic heterocycles. The van der Waals surface area contributed by atoms with Gasteiger partial charge in [0.25, 0.3) is 5.91 Å². The molecule has 0 saturated heterocycles. The second-order valence-corrected chi connectivity index (χ2v) is 6.03. The summed E-state index contributed by atoms with van der Waals surface area (Å²) in [5.74, 6) is -1.83. The molecule has 106 valence electrons. The lowest BCUT2D eigenvalue weighted by atomic mass is 9.93. The van der Waals surface area contributed by atoms with Gasteiger partial charge in [0.05, 0.1) is 12.0 Å². The maximum atomic E-state index is 12.0. The summed E-state index contributed by atoms with van der Waals surface area (Å²) in [6.07, 6.45) is 1.17. The van der Waals surface area contributed by atoms with E-state index in [9.17, 15) is 9.59 Å². The molecule has 8 heteroatoms. The van der Waals surface area contributed by atoms with E-state index in [2.05, 4.69) is 20.3 Å². The molecule has 0 radical (unpaired) electrons. The Hall–Kier alpha value is -2.22. The molecule has 1 amide bonds. The number of amides is 1. The number of thiazole rings is 1. The number of nitrogens with zero attached hydrogens (tertiary/aromatic N) is 2. The van der Waals surface area contributed by atoms with Crippen LogP contribution in [0.4, 0.5) is 5.13 Å². The van der Waals surface area contributed by atoms with Gasteiger partial charge in [-0.05, 0) is 0 Å². The van der Waals surface area contributed by atoms with Crippen molar-refractivity contribution >= 4 is 28.3 Å². The molecule has 7 nitrogen and oxygen atoms in total. The Labute approximate surface area is 119 Å². The number of carboxylic acids is 1. The smallest absolute Gasteiger partial charge is 0.354 e. The first-order chi connectivity index (χ1) is 9.29. The van der Waals surface area contributed by atoms with Gasteiger partial charge < -0.3 is 10.1 Å². The van der Waals surface area contributed by atoms with Crippen LogP contribution >= 0.6 is 11.3 Å². The minimum atomic E-state index is -1.23. The van der Waals surface area contributed by atoms with Crippen LogP contribution in [0, 0.1) is 0 Å². The van der Waals surface area contributed by atoms with E-state index in [1.165, 1.54) is 17.7 Å². The molecule has 2 heterocycles. The summed E-state index contributed by atoms with van der Waals surface area (Å²) >= 11 is 1.29. The van der Waals surface area contributed by atoms with Crippen molar-refractivity contribution in [2.75, 3.05) is 5.32 Å². The maximum Gasteiger partial charge on any atom is 0.354 e. The molecule has 3 N–H and O–H groups in total. The largest absolute Gasteiger partial charge is 0.477 e. The number of hydrogen-bond donors (Lipinski definition) is 3. The summed E-state index contributed by atoms with van der Waals surface area (Å²) in [6.45, 7) is 6.05. The second kappa shape index (κ2) is 5.04. The Morgan fingerprint density at radius 3 is 2.65 bits per heavy atom. The number of imidazole rings is 1. The van der Waals surface area contributed by atoms with E-state index < -0.39 is 11.9 Å². The third kappa shape index (κ3) is 2.85. The van der Waals surface area contributed by atoms with E-state index in [0.29, 0.717) is 5.13 Å². The van der Waals surface area contributed by atoms with Crippen LogP contribution in [0.1, 0.15) is 47.4 Å². The molecule has 0 aliphatic rings. The fourth-order valence-electron chi connectivity index (χ4n) is 1.46. The number of hydrogen-bond acceptors (Lipinski definition) is 5. The third-order valence-electron chi connectivity index (χ3n) is 2.56. The van der Waals surface area contributed by atoms with Gasteiger partial charge in [0.1, 0.15) is 0 Å². The van der Waals surface area contributed by atoms with Crippen molar-refractivity contribution < 1.29 is 14.7 Å². The zero-order chi connectivity index (χ0) is 14.9. The minimum absolute atomic E-state index is 0.113. The number of carbonyl (C=O) groups excluding carboxylic acids is 1. The lowest BCUT2D eigenvalue weighted by Crippen LogP contribution is -2.17. The quantitative estimate of drug-likeness (QED) is 0.803. The highest BCUT2D eigenvalue weighted by Gasteiger charge is 2.22. The molecule has 2 rings (SSSR count). The van der Waals surface area contributed by atoms with E-state index in [0.717, 1.165) is 5.69 Å². The van der Waals surface area contributed by atoms with Crippen molar-refractivity contribution in [3.8, 4) is 0 Å². The monoisotopic (exact) mass is 294 g/mol. The highest BCUT2D eigenvalue weighted by molar-refractivity contribution is 7.14. The Bertz CT molecular complexity index is 654. The maximum absolute atomic E-state index is 12.0. The Kier molecular flexibility index (Phi) is 3.58. The van der Waals surface area contributed by atoms with Gasteiger partial charge in [-0.1, -0.05) is 20.8 Å². The molecule has 0 bridgehead atoms. The van der Waals surface area contributed by atoms with Crippen molar-refractivity contribution in [2.24, 2.45) is 0 Å². The summed E-state index contributed by atoms with van der Waals surface area (Å²) < 4.78 is 0. The van der Waals surface area contributed by atoms with Crippen LogP contribution in [-0.2, 0) is 5.41 Å². The predicted molar refractivity (Wildman–Crippen MR) is 74.3 cm³/mol. The van der Waals surface area contributed by atoms with Crippen LogP contribution in [0.5, 0.6) is 0 Å². The standard InChI is InChI=1S/C12H14N4O3S/c1-12(2,3)6-4-20-11(15-6)16-9(17)7-8(10(18)19)14-5-13-7/h4-5H,1-3H3,(H,13,14)(H,18,19)(H,15,16,17). The molecule has 2 aromatic rings. The number of aromatic nitrogens is 3. The number of carboxylic acid groups (broad SMARTS) is 1. The molecule has 0 saturated carbocycles. The Morgan fingerprint density at radius 1 is 1.40 bits per heavy atom. The fourth-order valence-corrected chi connectivity index (χ4v) is 2.39. The highest BCUT2D eigenvalue weighted by atomic mass is 32.1. The van der Waals surface area contributed by atoms with E-state index in [4.69, 9.17) is 5.11 Å². The van der Waals surface area contributed by atoms with Crippen LogP contribution in [0.15, 0.2) is 11.7 Å². The first kappa shape index (κ1) is 14.2. The van der Waals surface area contributed by atoms with Gasteiger partial charge in [-0.15, -0.1) is 11.3 Å². The van der Waals surface area contributed by atoms with Gasteiger partial charge in [-0.3, -0.25) is 10.1 Å². The normalized spacial score (nSPS) is 11.3. The number of carbonyl (C=O) groups is 2. The lowest BCUT2D eigenvalue weighted by molar-refractivity contribution is 0.0686. The molecule has 0 aliphatic carbocycles. The summed E-state index contributed by atoms with van der Waals surface area (Å²) in [5.41, 5.74) is 0.344. The van der Waals surface area contributed by atoms with Crippen LogP contribution in [0.25, 0.3) is 0 Å². The second-order valence-electron chi connectivity index (χ2n) is 5.17. The molecular weight excluding hydrogens is 280 g/mol. The minimum Gasteiger partial charge on any atom is -0.477 e. The Morgan fingerprint density at radius 2 is 2.10 bits per heavy atom. The average Bonchev–Trinajstić information content (AvgIpc) is 2.95. The summed E-state index contributed by atoms with van der Waals surface area (Å²) in [7, 11) is 0. The van der Waals surface area contributed by atoms with Gasteiger partial charge >= 0.3 is 5.97 Å². The third-order valence-corrected chi connectivity index (χ3v) is 3.32. The Balaban J connectivity index is 2.18. The van der Waals surface area contributed by atoms with Gasteiger partial charge in [-0.2, -0.15) is 0 Å². The number of nitrogens with one attached hydrogen (secondary N) is 2. The fraction of sp³-hybridized carbons (Fsp3) is 0.333. The van der Waals surface area contributed by atoms with Gasteiger partial charge in [-0.25, -0.2) is 14.8 Å². The average molecular weight is 294 g/mol. The van der Waals surface area contributed by atoms with E-state index >= 15 is 0 Å². The summed E-state index contributed by atoms with van der Waals surface area (Å²) in [6, 6.07) is 0. The zero-order valence-electron chi connectivity index (χ0n) is 11.2. The number of H-pyrrole nitrogens is 1. The van der Waals surface area contributed by atoms with Crippen LogP contribution in [0.2, 0.25) is 0 Å². The van der Waals surface area contributed by atoms with Crippen LogP contribution < -0.4 is 5.32 Å². The van der Waals surface area contributed by atoms with E-state index in [1.807, 2.05) is 26.2 Å². The lowest BCUT2D eigenvalue weighted by Gasteiger charge is -2.14. The number of rotatable bonds is 3. The summed E-state index contributed by atoms with van der Waals surface area (Å²) in [5, 5.41) is 13.7. The van der Waals surface area contributed by atoms with Crippen molar-refractivity contribution in [3.63, 3.8) is 0 Å². The van der Waals surface area contributed by atoms with Crippen molar-refractivity contribution in [1.82, 2.24) is 15.0 Å². The molecule has 0 atom stereocenters. The molecule has 0 fully saturated rings. The van der Waals surface area contributed by atoms with E-state index in [1.54, 1.807) is 0 Å². The zero-order valence-corrected chi connectivity index (χ0v) is 12.0. The van der Waals surface area contributed by atoms with E-state index in [-0.39, 0.29) is 16.8 Å². The molecule has 0 unspecified atom stereocenters. The van der Waals surface area contributed by atoms with Gasteiger partial charge in [0.2, 0.25) is 0 Å². The SMILES string of the molecule is CC(C)(C)c1csc(NC(=O)c2nc[nH]c2C(=O)O)n1. The topological polar surface area (TPSA) is 108 Å². The van der Waals surface area contributed by atoms with Crippen LogP contribution in [-0.4, -0.2) is 31.9 Å². The predicted octanol–water partition coefficient (Wildman–Crippen LogP) is 2.11. The highest BCUT2D eigenvalue weighted by Crippen LogP contribution is 2.26. The number of aromatic carboxylic acids is 1. The molecule has 0 aromatic carbocycles. The first-order valence-electron chi connectivity index (χ1n) is 5.83. The van der Waals surface area contributed by atoms with Crippen molar-refractivity contribution in [2.45, 2.75) is 26.2 Å². The van der Waals surface area contributed by atoms with Gasteiger partial charge in [0.15, 0.2) is 16.5 Å². The van der Waals surface area contributed by atoms with Gasteiger partial charge in [0, 0.05) is 10.8 Å². The molecule has 0 spiro atoms. The number of aromatic amines is 1. The molecular formula is C12H14N4O3S. The molecule has 20 heavy (non-hydrogen) atoms. The number of anilines is 1. The first-order valence-corrected chi connectivity index (χ1v) is 6.71. The van der Waals surface area contributed by atoms with Crippen molar-refractivity contribution in [1.29, 1.82) is 0 Å². The summed E-state index contributed by atoms with van der Waals surface area (Å²) in [4.78, 5) is 33.3. The molecule has 2 aromatic heterocycles.